The molecule has 0 bridgehead atoms. The molecule has 120 valence electrons. The summed E-state index contributed by atoms with van der Waals surface area (Å²) in [6.07, 6.45) is 7.77. The summed E-state index contributed by atoms with van der Waals surface area (Å²) in [4.78, 5) is 0. The van der Waals surface area contributed by atoms with Crippen molar-refractivity contribution < 1.29 is 9.84 Å². The Morgan fingerprint density at radius 1 is 1.41 bits per heavy atom. The summed E-state index contributed by atoms with van der Waals surface area (Å²) in [6, 6.07) is 3.90. The first-order valence-corrected chi connectivity index (χ1v) is 8.46. The summed E-state index contributed by atoms with van der Waals surface area (Å²) < 4.78 is 5.65. The van der Waals surface area contributed by atoms with Crippen LogP contribution >= 0.6 is 28.1 Å². The van der Waals surface area contributed by atoms with Crippen molar-refractivity contribution in [3.8, 4) is 11.5 Å². The van der Waals surface area contributed by atoms with E-state index in [2.05, 4.69) is 31.8 Å². The van der Waals surface area contributed by atoms with Gasteiger partial charge >= 0.3 is 0 Å². The first-order valence-electron chi connectivity index (χ1n) is 7.26. The largest absolute Gasteiger partial charge is 0.503 e. The highest BCUT2D eigenvalue weighted by atomic mass is 79.9. The van der Waals surface area contributed by atoms with Crippen LogP contribution in [0.1, 0.15) is 37.7 Å². The van der Waals surface area contributed by atoms with Crippen LogP contribution in [-0.2, 0) is 0 Å². The molecule has 0 aliphatic heterocycles. The number of aromatic hydroxyl groups is 1. The molecule has 0 radical (unpaired) electrons. The van der Waals surface area contributed by atoms with Crippen LogP contribution in [0.5, 0.6) is 11.5 Å². The standard InChI is InChI=1S/C15H20BrN3O2S/c1-21-13-8-10(7-12(16)14(13)20)9-17-19-15(22)18-11-5-3-2-4-6-11/h7-9,11,20H,2-6H2,1H3,(H2,18,19,22). The van der Waals surface area contributed by atoms with Crippen molar-refractivity contribution in [2.45, 2.75) is 38.1 Å². The van der Waals surface area contributed by atoms with E-state index in [1.807, 2.05) is 0 Å². The predicted octanol–water partition coefficient (Wildman–Crippen LogP) is 3.29. The minimum absolute atomic E-state index is 0.0714. The number of methoxy groups -OCH3 is 1. The molecule has 7 heteroatoms. The molecule has 0 unspecified atom stereocenters. The fraction of sp³-hybridized carbons (Fsp3) is 0.467. The number of halogens is 1. The fourth-order valence-corrected chi connectivity index (χ4v) is 3.13. The van der Waals surface area contributed by atoms with Crippen molar-refractivity contribution in [1.82, 2.24) is 10.7 Å². The number of nitrogens with one attached hydrogen (secondary N) is 2. The Morgan fingerprint density at radius 3 is 2.82 bits per heavy atom. The lowest BCUT2D eigenvalue weighted by molar-refractivity contribution is 0.372. The second kappa shape index (κ2) is 8.33. The van der Waals surface area contributed by atoms with Gasteiger partial charge in [0.2, 0.25) is 0 Å². The lowest BCUT2D eigenvalue weighted by Crippen LogP contribution is -2.40. The first-order chi connectivity index (χ1) is 10.6. The zero-order valence-corrected chi connectivity index (χ0v) is 14.8. The van der Waals surface area contributed by atoms with Gasteiger partial charge in [-0.3, -0.25) is 5.43 Å². The van der Waals surface area contributed by atoms with Gasteiger partial charge < -0.3 is 15.2 Å². The molecule has 1 aromatic carbocycles. The lowest BCUT2D eigenvalue weighted by Gasteiger charge is -2.23. The summed E-state index contributed by atoms with van der Waals surface area (Å²) in [5.74, 6) is 0.459. The number of thiocarbonyl (C=S) groups is 1. The average molecular weight is 386 g/mol. The molecule has 0 saturated heterocycles. The number of phenolic OH excluding ortho intramolecular Hbond substituents is 1. The zero-order chi connectivity index (χ0) is 15.9. The SMILES string of the molecule is COc1cc(C=NNC(=S)NC2CCCCC2)cc(Br)c1O. The molecule has 1 aromatic rings. The maximum atomic E-state index is 9.76. The summed E-state index contributed by atoms with van der Waals surface area (Å²) in [7, 11) is 1.50. The van der Waals surface area contributed by atoms with E-state index in [1.165, 1.54) is 26.4 Å². The van der Waals surface area contributed by atoms with Crippen LogP contribution in [-0.4, -0.2) is 29.6 Å². The van der Waals surface area contributed by atoms with Crippen LogP contribution < -0.4 is 15.5 Å². The molecule has 0 aromatic heterocycles. The Balaban J connectivity index is 1.89. The molecule has 1 fully saturated rings. The van der Waals surface area contributed by atoms with Crippen molar-refractivity contribution in [2.75, 3.05) is 7.11 Å². The molecular formula is C15H20BrN3O2S. The van der Waals surface area contributed by atoms with Crippen molar-refractivity contribution in [2.24, 2.45) is 5.10 Å². The quantitative estimate of drug-likeness (QED) is 0.421. The highest BCUT2D eigenvalue weighted by Crippen LogP contribution is 2.34. The van der Waals surface area contributed by atoms with Crippen molar-refractivity contribution in [3.05, 3.63) is 22.2 Å². The van der Waals surface area contributed by atoms with Crippen LogP contribution in [0.25, 0.3) is 0 Å². The van der Waals surface area contributed by atoms with Crippen LogP contribution in [0.2, 0.25) is 0 Å². The maximum Gasteiger partial charge on any atom is 0.187 e. The highest BCUT2D eigenvalue weighted by Gasteiger charge is 2.13. The van der Waals surface area contributed by atoms with Gasteiger partial charge in [0.25, 0.3) is 0 Å². The van der Waals surface area contributed by atoms with Crippen LogP contribution in [0, 0.1) is 0 Å². The molecule has 0 heterocycles. The minimum Gasteiger partial charge on any atom is -0.503 e. The van der Waals surface area contributed by atoms with Gasteiger partial charge in [0, 0.05) is 6.04 Å². The average Bonchev–Trinajstić information content (AvgIpc) is 2.51. The summed E-state index contributed by atoms with van der Waals surface area (Å²) in [6.45, 7) is 0. The van der Waals surface area contributed by atoms with E-state index < -0.39 is 0 Å². The maximum absolute atomic E-state index is 9.76. The third-order valence-corrected chi connectivity index (χ3v) is 4.40. The third kappa shape index (κ3) is 4.84. The number of benzene rings is 1. The Morgan fingerprint density at radius 2 is 2.14 bits per heavy atom. The molecule has 0 spiro atoms. The van der Waals surface area contributed by atoms with E-state index >= 15 is 0 Å². The molecular weight excluding hydrogens is 366 g/mol. The molecule has 1 aliphatic carbocycles. The van der Waals surface area contributed by atoms with Crippen molar-refractivity contribution in [3.63, 3.8) is 0 Å². The topological polar surface area (TPSA) is 65.9 Å². The second-order valence-electron chi connectivity index (χ2n) is 5.23. The third-order valence-electron chi connectivity index (χ3n) is 3.59. The van der Waals surface area contributed by atoms with Gasteiger partial charge in [-0.25, -0.2) is 0 Å². The molecule has 22 heavy (non-hydrogen) atoms. The van der Waals surface area contributed by atoms with Crippen LogP contribution in [0.3, 0.4) is 0 Å². The van der Waals surface area contributed by atoms with Crippen molar-refractivity contribution in [1.29, 1.82) is 0 Å². The fourth-order valence-electron chi connectivity index (χ4n) is 2.45. The Hall–Kier alpha value is -1.34. The van der Waals surface area contributed by atoms with E-state index in [-0.39, 0.29) is 5.75 Å². The van der Waals surface area contributed by atoms with E-state index in [0.717, 1.165) is 18.4 Å². The Bertz CT molecular complexity index is 560. The van der Waals surface area contributed by atoms with E-state index in [1.54, 1.807) is 18.3 Å². The molecule has 5 nitrogen and oxygen atoms in total. The van der Waals surface area contributed by atoms with Crippen LogP contribution in [0.4, 0.5) is 0 Å². The smallest absolute Gasteiger partial charge is 0.187 e. The van der Waals surface area contributed by atoms with E-state index in [4.69, 9.17) is 17.0 Å². The highest BCUT2D eigenvalue weighted by molar-refractivity contribution is 9.10. The second-order valence-corrected chi connectivity index (χ2v) is 6.49. The zero-order valence-electron chi connectivity index (χ0n) is 12.4. The molecule has 1 aliphatic rings. The number of ether oxygens (including phenoxy) is 1. The van der Waals surface area contributed by atoms with Gasteiger partial charge in [0.15, 0.2) is 16.6 Å². The number of nitrogens with zero attached hydrogens (tertiary/aromatic N) is 1. The van der Waals surface area contributed by atoms with Gasteiger partial charge in [-0.2, -0.15) is 5.10 Å². The molecule has 2 rings (SSSR count). The van der Waals surface area contributed by atoms with E-state index in [0.29, 0.717) is 21.4 Å². The molecule has 1 saturated carbocycles. The molecule has 3 N–H and O–H groups in total. The Kier molecular flexibility index (Phi) is 6.45. The Labute approximate surface area is 144 Å². The first kappa shape index (κ1) is 17.0. The number of phenols is 1. The minimum atomic E-state index is 0.0714. The summed E-state index contributed by atoms with van der Waals surface area (Å²) in [5.41, 5.74) is 3.61. The van der Waals surface area contributed by atoms with Gasteiger partial charge in [-0.15, -0.1) is 0 Å². The number of rotatable bonds is 4. The predicted molar refractivity (Wildman–Crippen MR) is 95.7 cm³/mol. The number of hydrogen-bond donors (Lipinski definition) is 3. The summed E-state index contributed by atoms with van der Waals surface area (Å²) in [5, 5.41) is 17.7. The van der Waals surface area contributed by atoms with Crippen LogP contribution in [0.15, 0.2) is 21.7 Å². The summed E-state index contributed by atoms with van der Waals surface area (Å²) >= 11 is 8.51. The molecule has 0 atom stereocenters. The normalized spacial score (nSPS) is 15.7. The lowest BCUT2D eigenvalue weighted by atomic mass is 9.96. The van der Waals surface area contributed by atoms with E-state index in [9.17, 15) is 5.11 Å². The van der Waals surface area contributed by atoms with Gasteiger partial charge in [-0.05, 0) is 58.7 Å². The number of hydrazone groups is 1. The number of hydrogen-bond acceptors (Lipinski definition) is 4. The van der Waals surface area contributed by atoms with Gasteiger partial charge in [0.1, 0.15) is 0 Å². The van der Waals surface area contributed by atoms with Gasteiger partial charge in [0.05, 0.1) is 17.8 Å². The monoisotopic (exact) mass is 385 g/mol. The molecule has 0 amide bonds. The van der Waals surface area contributed by atoms with Crippen molar-refractivity contribution >= 4 is 39.5 Å². The van der Waals surface area contributed by atoms with Gasteiger partial charge in [-0.1, -0.05) is 19.3 Å².